The van der Waals surface area contributed by atoms with Gasteiger partial charge in [0.1, 0.15) is 18.2 Å². The molecule has 0 atom stereocenters. The molecule has 0 aliphatic carbocycles. The maximum Gasteiger partial charge on any atom is 0.258 e. The summed E-state index contributed by atoms with van der Waals surface area (Å²) in [4.78, 5) is 26.7. The van der Waals surface area contributed by atoms with E-state index in [1.165, 1.54) is 18.2 Å². The summed E-state index contributed by atoms with van der Waals surface area (Å²) in [6.07, 6.45) is 1.65. The third-order valence-corrected chi connectivity index (χ3v) is 4.35. The number of carbonyl (C=O) groups is 2. The van der Waals surface area contributed by atoms with E-state index < -0.39 is 17.1 Å². The van der Waals surface area contributed by atoms with Crippen LogP contribution in [0.5, 0.6) is 5.75 Å². The Morgan fingerprint density at radius 1 is 1.33 bits per heavy atom. The highest BCUT2D eigenvalue weighted by Gasteiger charge is 2.37. The van der Waals surface area contributed by atoms with E-state index in [1.54, 1.807) is 35.2 Å². The molecule has 1 N–H and O–H groups in total. The van der Waals surface area contributed by atoms with Crippen LogP contribution in [-0.2, 0) is 4.79 Å². The van der Waals surface area contributed by atoms with E-state index in [9.17, 15) is 14.0 Å². The minimum Gasteiger partial charge on any atom is -0.490 e. The van der Waals surface area contributed by atoms with Gasteiger partial charge in [0.2, 0.25) is 5.91 Å². The predicted octanol–water partition coefficient (Wildman–Crippen LogP) is 4.02. The second kappa shape index (κ2) is 7.23. The molecule has 0 saturated carbocycles. The van der Waals surface area contributed by atoms with Crippen LogP contribution in [0.2, 0.25) is 0 Å². The van der Waals surface area contributed by atoms with Crippen LogP contribution in [0.15, 0.2) is 55.1 Å². The van der Waals surface area contributed by atoms with E-state index in [2.05, 4.69) is 11.9 Å². The lowest BCUT2D eigenvalue weighted by atomic mass is 9.93. The topological polar surface area (TPSA) is 58.6 Å². The molecule has 0 unspecified atom stereocenters. The van der Waals surface area contributed by atoms with Crippen molar-refractivity contribution in [2.24, 2.45) is 5.41 Å². The molecule has 2 aromatic carbocycles. The third kappa shape index (κ3) is 3.69. The van der Waals surface area contributed by atoms with Crippen molar-refractivity contribution in [1.82, 2.24) is 0 Å². The fourth-order valence-corrected chi connectivity index (χ4v) is 2.88. The van der Waals surface area contributed by atoms with Crippen LogP contribution >= 0.6 is 0 Å². The number of fused-ring (bicyclic) bond motifs is 1. The molecule has 27 heavy (non-hydrogen) atoms. The van der Waals surface area contributed by atoms with Gasteiger partial charge >= 0.3 is 0 Å². The number of rotatable bonds is 4. The van der Waals surface area contributed by atoms with Gasteiger partial charge in [0.25, 0.3) is 5.91 Å². The minimum absolute atomic E-state index is 0.0436. The Morgan fingerprint density at radius 3 is 2.78 bits per heavy atom. The summed E-state index contributed by atoms with van der Waals surface area (Å²) in [6.45, 7) is 7.90. The number of halogens is 1. The van der Waals surface area contributed by atoms with Gasteiger partial charge < -0.3 is 15.0 Å². The van der Waals surface area contributed by atoms with E-state index in [4.69, 9.17) is 4.74 Å². The summed E-state index contributed by atoms with van der Waals surface area (Å²) in [5, 5.41) is 2.67. The van der Waals surface area contributed by atoms with Crippen LogP contribution in [0.25, 0.3) is 0 Å². The number of anilines is 2. The third-order valence-electron chi connectivity index (χ3n) is 4.35. The number of ether oxygens (including phenoxy) is 1. The van der Waals surface area contributed by atoms with Crippen LogP contribution < -0.4 is 15.0 Å². The average Bonchev–Trinajstić information content (AvgIpc) is 2.72. The largest absolute Gasteiger partial charge is 0.490 e. The SMILES string of the molecule is C=CCN1C(=O)C(C)(C)COc2cc(NC(=O)c3ccccc3F)ccc21. The molecule has 140 valence electrons. The average molecular weight is 368 g/mol. The van der Waals surface area contributed by atoms with Crippen molar-refractivity contribution in [1.29, 1.82) is 0 Å². The number of hydrogen-bond acceptors (Lipinski definition) is 3. The first-order valence-corrected chi connectivity index (χ1v) is 8.59. The fraction of sp³-hybridized carbons (Fsp3) is 0.238. The van der Waals surface area contributed by atoms with E-state index >= 15 is 0 Å². The summed E-state index contributed by atoms with van der Waals surface area (Å²) < 4.78 is 19.6. The molecular weight excluding hydrogens is 347 g/mol. The van der Waals surface area contributed by atoms with Gasteiger partial charge in [0.05, 0.1) is 16.7 Å². The molecule has 1 aliphatic heterocycles. The molecule has 2 amide bonds. The molecular formula is C21H21FN2O3. The van der Waals surface area contributed by atoms with Crippen molar-refractivity contribution in [3.05, 3.63) is 66.5 Å². The van der Waals surface area contributed by atoms with Gasteiger partial charge in [-0.3, -0.25) is 9.59 Å². The normalized spacial score (nSPS) is 15.4. The van der Waals surface area contributed by atoms with Crippen molar-refractivity contribution >= 4 is 23.2 Å². The summed E-state index contributed by atoms with van der Waals surface area (Å²) in [6, 6.07) is 10.8. The number of nitrogens with zero attached hydrogens (tertiary/aromatic N) is 1. The highest BCUT2D eigenvalue weighted by molar-refractivity contribution is 6.05. The van der Waals surface area contributed by atoms with Crippen LogP contribution in [0.3, 0.4) is 0 Å². The molecule has 0 fully saturated rings. The Hall–Kier alpha value is -3.15. The molecule has 0 radical (unpaired) electrons. The highest BCUT2D eigenvalue weighted by Crippen LogP contribution is 2.38. The fourth-order valence-electron chi connectivity index (χ4n) is 2.88. The van der Waals surface area contributed by atoms with Gasteiger partial charge in [-0.25, -0.2) is 4.39 Å². The number of nitrogens with one attached hydrogen (secondary N) is 1. The monoisotopic (exact) mass is 368 g/mol. The smallest absolute Gasteiger partial charge is 0.258 e. The highest BCUT2D eigenvalue weighted by atomic mass is 19.1. The Kier molecular flexibility index (Phi) is 4.99. The van der Waals surface area contributed by atoms with Crippen molar-refractivity contribution in [2.45, 2.75) is 13.8 Å². The molecule has 0 bridgehead atoms. The van der Waals surface area contributed by atoms with Crippen LogP contribution in [0, 0.1) is 11.2 Å². The lowest BCUT2D eigenvalue weighted by Crippen LogP contribution is -2.42. The predicted molar refractivity (Wildman–Crippen MR) is 103 cm³/mol. The van der Waals surface area contributed by atoms with Crippen LogP contribution in [-0.4, -0.2) is 25.0 Å². The van der Waals surface area contributed by atoms with Crippen molar-refractivity contribution in [2.75, 3.05) is 23.4 Å². The minimum atomic E-state index is -0.696. The van der Waals surface area contributed by atoms with Gasteiger partial charge in [-0.05, 0) is 38.1 Å². The number of amides is 2. The van der Waals surface area contributed by atoms with Crippen molar-refractivity contribution in [3.8, 4) is 5.75 Å². The second-order valence-electron chi connectivity index (χ2n) is 6.99. The molecule has 2 aromatic rings. The second-order valence-corrected chi connectivity index (χ2v) is 6.99. The zero-order valence-corrected chi connectivity index (χ0v) is 15.3. The lowest BCUT2D eigenvalue weighted by molar-refractivity contribution is -0.127. The first kappa shape index (κ1) is 18.6. The van der Waals surface area contributed by atoms with Gasteiger partial charge in [-0.1, -0.05) is 18.2 Å². The Bertz CT molecular complexity index is 908. The van der Waals surface area contributed by atoms with E-state index in [0.29, 0.717) is 23.7 Å². The number of hydrogen-bond donors (Lipinski definition) is 1. The van der Waals surface area contributed by atoms with Crippen LogP contribution in [0.1, 0.15) is 24.2 Å². The van der Waals surface area contributed by atoms with Gasteiger partial charge in [-0.15, -0.1) is 6.58 Å². The molecule has 6 heteroatoms. The number of benzene rings is 2. The molecule has 1 aliphatic rings. The maximum absolute atomic E-state index is 13.8. The standard InChI is InChI=1S/C21H21FN2O3/c1-4-11-24-17-10-9-14(12-18(17)27-13-21(2,3)20(24)26)23-19(25)15-7-5-6-8-16(15)22/h4-10,12H,1,11,13H2,2-3H3,(H,23,25). The van der Waals surface area contributed by atoms with Crippen LogP contribution in [0.4, 0.5) is 15.8 Å². The van der Waals surface area contributed by atoms with E-state index in [-0.39, 0.29) is 18.1 Å². The quantitative estimate of drug-likeness (QED) is 0.830. The zero-order chi connectivity index (χ0) is 19.6. The van der Waals surface area contributed by atoms with Gasteiger partial charge in [0.15, 0.2) is 0 Å². The molecule has 0 aromatic heterocycles. The van der Waals surface area contributed by atoms with E-state index in [1.807, 2.05) is 13.8 Å². The first-order chi connectivity index (χ1) is 12.8. The van der Waals surface area contributed by atoms with Gasteiger partial charge in [0, 0.05) is 18.3 Å². The summed E-state index contributed by atoms with van der Waals surface area (Å²) in [5.41, 5.74) is 0.318. The molecule has 0 spiro atoms. The Labute approximate surface area is 157 Å². The summed E-state index contributed by atoms with van der Waals surface area (Å²) in [7, 11) is 0. The van der Waals surface area contributed by atoms with Gasteiger partial charge in [-0.2, -0.15) is 0 Å². The van der Waals surface area contributed by atoms with E-state index in [0.717, 1.165) is 0 Å². The summed E-state index contributed by atoms with van der Waals surface area (Å²) >= 11 is 0. The lowest BCUT2D eigenvalue weighted by Gasteiger charge is -2.27. The number of carbonyl (C=O) groups excluding carboxylic acids is 2. The zero-order valence-electron chi connectivity index (χ0n) is 15.3. The Balaban J connectivity index is 1.91. The van der Waals surface area contributed by atoms with Crippen molar-refractivity contribution < 1.29 is 18.7 Å². The molecule has 5 nitrogen and oxygen atoms in total. The molecule has 1 heterocycles. The van der Waals surface area contributed by atoms with Crippen molar-refractivity contribution in [3.63, 3.8) is 0 Å². The molecule has 3 rings (SSSR count). The maximum atomic E-state index is 13.8. The molecule has 0 saturated heterocycles. The first-order valence-electron chi connectivity index (χ1n) is 8.59. The summed E-state index contributed by atoms with van der Waals surface area (Å²) in [5.74, 6) is -0.738. The Morgan fingerprint density at radius 2 is 2.07 bits per heavy atom.